The number of amides is 2. The Morgan fingerprint density at radius 2 is 1.83 bits per heavy atom. The molecule has 8 nitrogen and oxygen atoms in total. The number of benzene rings is 2. The van der Waals surface area contributed by atoms with Crippen LogP contribution in [0.25, 0.3) is 0 Å². The molecule has 156 valence electrons. The molecule has 2 aromatic rings. The van der Waals surface area contributed by atoms with Gasteiger partial charge in [-0.1, -0.05) is 25.1 Å². The van der Waals surface area contributed by atoms with Gasteiger partial charge in [0.1, 0.15) is 0 Å². The first-order chi connectivity index (χ1) is 13.7. The predicted octanol–water partition coefficient (Wildman–Crippen LogP) is 1.66. The van der Waals surface area contributed by atoms with Crippen LogP contribution in [0.3, 0.4) is 0 Å². The van der Waals surface area contributed by atoms with Gasteiger partial charge < -0.3 is 4.74 Å². The van der Waals surface area contributed by atoms with Crippen molar-refractivity contribution in [1.29, 1.82) is 0 Å². The molecule has 0 saturated carbocycles. The van der Waals surface area contributed by atoms with Crippen molar-refractivity contribution in [2.75, 3.05) is 6.54 Å². The molecule has 0 saturated heterocycles. The van der Waals surface area contributed by atoms with E-state index in [0.29, 0.717) is 5.56 Å². The number of rotatable bonds is 7. The van der Waals surface area contributed by atoms with E-state index in [0.717, 1.165) is 0 Å². The van der Waals surface area contributed by atoms with Crippen LogP contribution in [0.4, 0.5) is 4.39 Å². The number of carbonyl (C=O) groups is 2. The first-order valence-electron chi connectivity index (χ1n) is 8.77. The van der Waals surface area contributed by atoms with E-state index in [1.54, 1.807) is 19.9 Å². The van der Waals surface area contributed by atoms with E-state index in [4.69, 9.17) is 4.74 Å². The molecular weight excluding hydrogens is 401 g/mol. The summed E-state index contributed by atoms with van der Waals surface area (Å²) in [5.41, 5.74) is 4.98. The van der Waals surface area contributed by atoms with E-state index in [-0.39, 0.29) is 22.8 Å². The maximum Gasteiger partial charge on any atom is 0.279 e. The SMILES string of the molecule is CCNS(=O)(=O)c1ccc(C)c(C(=O)NNC(=O)C(C)Oc2ccccc2F)c1. The molecule has 0 heterocycles. The third-order valence-electron chi connectivity index (χ3n) is 3.91. The molecular formula is C19H22FN3O5S. The van der Waals surface area contributed by atoms with Crippen molar-refractivity contribution in [3.63, 3.8) is 0 Å². The summed E-state index contributed by atoms with van der Waals surface area (Å²) >= 11 is 0. The number of carbonyl (C=O) groups excluding carboxylic acids is 2. The summed E-state index contributed by atoms with van der Waals surface area (Å²) in [7, 11) is -3.74. The Labute approximate surface area is 168 Å². The zero-order valence-corrected chi connectivity index (χ0v) is 17.0. The van der Waals surface area contributed by atoms with Crippen LogP contribution in [0.2, 0.25) is 0 Å². The Morgan fingerprint density at radius 1 is 1.14 bits per heavy atom. The highest BCUT2D eigenvalue weighted by Gasteiger charge is 2.20. The Hall–Kier alpha value is -2.98. The van der Waals surface area contributed by atoms with Crippen LogP contribution in [-0.2, 0) is 14.8 Å². The smallest absolute Gasteiger partial charge is 0.279 e. The highest BCUT2D eigenvalue weighted by Crippen LogP contribution is 2.17. The molecule has 0 radical (unpaired) electrons. The molecule has 0 spiro atoms. The lowest BCUT2D eigenvalue weighted by Gasteiger charge is -2.16. The van der Waals surface area contributed by atoms with Gasteiger partial charge in [-0.25, -0.2) is 17.5 Å². The lowest BCUT2D eigenvalue weighted by Crippen LogP contribution is -2.47. The number of halogens is 1. The highest BCUT2D eigenvalue weighted by atomic mass is 32.2. The fourth-order valence-corrected chi connectivity index (χ4v) is 3.42. The number of hydrogen-bond donors (Lipinski definition) is 3. The first-order valence-corrected chi connectivity index (χ1v) is 10.3. The van der Waals surface area contributed by atoms with Crippen molar-refractivity contribution in [2.45, 2.75) is 31.8 Å². The monoisotopic (exact) mass is 423 g/mol. The second kappa shape index (κ2) is 9.48. The molecule has 0 aliphatic carbocycles. The first kappa shape index (κ1) is 22.3. The van der Waals surface area contributed by atoms with Gasteiger partial charge in [-0.3, -0.25) is 20.4 Å². The molecule has 1 atom stereocenters. The van der Waals surface area contributed by atoms with Crippen LogP contribution in [-0.4, -0.2) is 32.9 Å². The molecule has 2 rings (SSSR count). The van der Waals surface area contributed by atoms with Crippen LogP contribution >= 0.6 is 0 Å². The van der Waals surface area contributed by atoms with E-state index in [1.807, 2.05) is 0 Å². The van der Waals surface area contributed by atoms with E-state index in [1.165, 1.54) is 43.3 Å². The minimum absolute atomic E-state index is 0.0716. The Morgan fingerprint density at radius 3 is 2.48 bits per heavy atom. The minimum Gasteiger partial charge on any atom is -0.478 e. The number of hydrazine groups is 1. The Balaban J connectivity index is 2.05. The number of ether oxygens (including phenoxy) is 1. The van der Waals surface area contributed by atoms with Crippen LogP contribution in [0.1, 0.15) is 29.8 Å². The Kier molecular flexibility index (Phi) is 7.29. The summed E-state index contributed by atoms with van der Waals surface area (Å²) in [5, 5.41) is 0. The minimum atomic E-state index is -3.74. The summed E-state index contributed by atoms with van der Waals surface area (Å²) < 4.78 is 45.4. The van der Waals surface area contributed by atoms with Crippen molar-refractivity contribution in [1.82, 2.24) is 15.6 Å². The van der Waals surface area contributed by atoms with Gasteiger partial charge in [-0.15, -0.1) is 0 Å². The topological polar surface area (TPSA) is 114 Å². The zero-order chi connectivity index (χ0) is 21.6. The highest BCUT2D eigenvalue weighted by molar-refractivity contribution is 7.89. The summed E-state index contributed by atoms with van der Waals surface area (Å²) in [4.78, 5) is 24.4. The largest absolute Gasteiger partial charge is 0.478 e. The van der Waals surface area contributed by atoms with Gasteiger partial charge in [0.25, 0.3) is 11.8 Å². The van der Waals surface area contributed by atoms with Crippen LogP contribution in [0.5, 0.6) is 5.75 Å². The van der Waals surface area contributed by atoms with Gasteiger partial charge in [0.2, 0.25) is 10.0 Å². The fourth-order valence-electron chi connectivity index (χ4n) is 2.36. The standard InChI is InChI=1S/C19H22FN3O5S/c1-4-21-29(26,27)14-10-9-12(2)15(11-14)19(25)23-22-18(24)13(3)28-17-8-6-5-7-16(17)20/h5-11,13,21H,4H2,1-3H3,(H,22,24)(H,23,25). The van der Waals surface area contributed by atoms with Crippen molar-refractivity contribution in [2.24, 2.45) is 0 Å². The maximum atomic E-state index is 13.6. The van der Waals surface area contributed by atoms with Crippen molar-refractivity contribution in [3.8, 4) is 5.75 Å². The average molecular weight is 423 g/mol. The van der Waals surface area contributed by atoms with Gasteiger partial charge in [0.05, 0.1) is 4.90 Å². The molecule has 3 N–H and O–H groups in total. The lowest BCUT2D eigenvalue weighted by atomic mass is 10.1. The summed E-state index contributed by atoms with van der Waals surface area (Å²) in [6, 6.07) is 9.70. The molecule has 0 aromatic heterocycles. The van der Waals surface area contributed by atoms with Crippen molar-refractivity contribution < 1.29 is 27.1 Å². The summed E-state index contributed by atoms with van der Waals surface area (Å²) in [6.45, 7) is 4.86. The zero-order valence-electron chi connectivity index (χ0n) is 16.2. The quantitative estimate of drug-likeness (QED) is 0.586. The molecule has 29 heavy (non-hydrogen) atoms. The number of nitrogens with one attached hydrogen (secondary N) is 3. The molecule has 0 bridgehead atoms. The maximum absolute atomic E-state index is 13.6. The molecule has 0 aliphatic heterocycles. The van der Waals surface area contributed by atoms with Gasteiger partial charge >= 0.3 is 0 Å². The Bertz CT molecular complexity index is 1010. The lowest BCUT2D eigenvalue weighted by molar-refractivity contribution is -0.128. The molecule has 1 unspecified atom stereocenters. The third kappa shape index (κ3) is 5.75. The predicted molar refractivity (Wildman–Crippen MR) is 104 cm³/mol. The van der Waals surface area contributed by atoms with E-state index >= 15 is 0 Å². The molecule has 0 aliphatic rings. The summed E-state index contributed by atoms with van der Waals surface area (Å²) in [6.07, 6.45) is -1.09. The number of hydrogen-bond acceptors (Lipinski definition) is 5. The molecule has 0 fully saturated rings. The molecule has 10 heteroatoms. The van der Waals surface area contributed by atoms with Gasteiger partial charge in [0, 0.05) is 12.1 Å². The number of aryl methyl sites for hydroxylation is 1. The number of para-hydroxylation sites is 1. The van der Waals surface area contributed by atoms with Gasteiger partial charge in [-0.05, 0) is 43.7 Å². The van der Waals surface area contributed by atoms with Gasteiger partial charge in [0.15, 0.2) is 17.7 Å². The van der Waals surface area contributed by atoms with Crippen molar-refractivity contribution >= 4 is 21.8 Å². The van der Waals surface area contributed by atoms with E-state index in [2.05, 4.69) is 15.6 Å². The normalized spacial score (nSPS) is 12.1. The second-order valence-corrected chi connectivity index (χ2v) is 7.88. The average Bonchev–Trinajstić information content (AvgIpc) is 2.67. The van der Waals surface area contributed by atoms with Crippen LogP contribution in [0.15, 0.2) is 47.4 Å². The number of sulfonamides is 1. The van der Waals surface area contributed by atoms with E-state index in [9.17, 15) is 22.4 Å². The third-order valence-corrected chi connectivity index (χ3v) is 5.45. The van der Waals surface area contributed by atoms with Gasteiger partial charge in [-0.2, -0.15) is 0 Å². The second-order valence-electron chi connectivity index (χ2n) is 6.11. The van der Waals surface area contributed by atoms with Crippen LogP contribution < -0.4 is 20.3 Å². The van der Waals surface area contributed by atoms with Crippen molar-refractivity contribution in [3.05, 3.63) is 59.4 Å². The molecule has 2 aromatic carbocycles. The fraction of sp³-hybridized carbons (Fsp3) is 0.263. The summed E-state index contributed by atoms with van der Waals surface area (Å²) in [5.74, 6) is -2.14. The van der Waals surface area contributed by atoms with Crippen LogP contribution in [0, 0.1) is 12.7 Å². The van der Waals surface area contributed by atoms with E-state index < -0.39 is 33.8 Å². The molecule has 2 amide bonds.